The number of pyridine rings is 1. The maximum absolute atomic E-state index is 12.5. The van der Waals surface area contributed by atoms with Crippen molar-refractivity contribution in [2.24, 2.45) is 0 Å². The van der Waals surface area contributed by atoms with Gasteiger partial charge in [-0.05, 0) is 0 Å². The predicted molar refractivity (Wildman–Crippen MR) is 45.6 cm³/mol. The van der Waals surface area contributed by atoms with Crippen molar-refractivity contribution in [2.45, 2.75) is 6.43 Å². The van der Waals surface area contributed by atoms with E-state index in [9.17, 15) is 23.7 Å². The van der Waals surface area contributed by atoms with E-state index in [1.807, 2.05) is 0 Å². The fraction of sp³-hybridized carbons (Fsp3) is 0.143. The van der Waals surface area contributed by atoms with Crippen LogP contribution >= 0.6 is 0 Å². The Morgan fingerprint density at radius 3 is 2.60 bits per heavy atom. The molecule has 0 unspecified atom stereocenters. The topological polar surface area (TPSA) is 99.1 Å². The summed E-state index contributed by atoms with van der Waals surface area (Å²) >= 11 is 0. The third-order valence-corrected chi connectivity index (χ3v) is 1.70. The maximum atomic E-state index is 12.5. The first-order valence-electron chi connectivity index (χ1n) is 3.65. The second-order valence-corrected chi connectivity index (χ2v) is 2.53. The number of anilines is 1. The third kappa shape index (κ3) is 1.87. The molecule has 1 aromatic heterocycles. The summed E-state index contributed by atoms with van der Waals surface area (Å²) in [5.74, 6) is -0.453. The number of hydrogen-bond donors (Lipinski definition) is 1. The lowest BCUT2D eigenvalue weighted by Crippen LogP contribution is -2.06. The zero-order valence-electron chi connectivity index (χ0n) is 7.18. The van der Waals surface area contributed by atoms with Crippen LogP contribution in [0.4, 0.5) is 20.3 Å². The second-order valence-electron chi connectivity index (χ2n) is 2.53. The van der Waals surface area contributed by atoms with Crippen LogP contribution in [0.3, 0.4) is 0 Å². The van der Waals surface area contributed by atoms with Crippen LogP contribution in [0.2, 0.25) is 0 Å². The van der Waals surface area contributed by atoms with Crippen LogP contribution in [0.15, 0.2) is 6.20 Å². The number of nitrogens with two attached hydrogens (primary N) is 1. The Bertz CT molecular complexity index is 422. The fourth-order valence-corrected chi connectivity index (χ4v) is 1.04. The number of aldehydes is 1. The summed E-state index contributed by atoms with van der Waals surface area (Å²) in [4.78, 5) is 23.1. The smallest absolute Gasteiger partial charge is 0.297 e. The van der Waals surface area contributed by atoms with Crippen LogP contribution in [0.1, 0.15) is 22.3 Å². The van der Waals surface area contributed by atoms with E-state index in [-0.39, 0.29) is 6.29 Å². The number of nitrogen functional groups attached to an aromatic ring is 1. The molecule has 0 aliphatic heterocycles. The standard InChI is InChI=1S/C7H5F2N3O3/c8-6(9)5-3(2-13)7(10)11-1-4(5)12(14)15/h1-2,6H,(H2,10,11). The van der Waals surface area contributed by atoms with Crippen LogP contribution in [0, 0.1) is 10.1 Å². The molecule has 15 heavy (non-hydrogen) atoms. The van der Waals surface area contributed by atoms with E-state index >= 15 is 0 Å². The number of nitro groups is 1. The molecule has 0 fully saturated rings. The first-order chi connectivity index (χ1) is 6.99. The van der Waals surface area contributed by atoms with Crippen molar-refractivity contribution in [2.75, 3.05) is 5.73 Å². The molecule has 0 amide bonds. The quantitative estimate of drug-likeness (QED) is 0.467. The molecule has 0 aliphatic rings. The second kappa shape index (κ2) is 3.95. The Labute approximate surface area is 81.9 Å². The minimum atomic E-state index is -3.16. The van der Waals surface area contributed by atoms with Gasteiger partial charge in [0.05, 0.1) is 10.5 Å². The number of nitrogens with zero attached hydrogens (tertiary/aromatic N) is 2. The summed E-state index contributed by atoms with van der Waals surface area (Å²) in [6.45, 7) is 0. The highest BCUT2D eigenvalue weighted by molar-refractivity contribution is 5.85. The van der Waals surface area contributed by atoms with Crippen LogP contribution < -0.4 is 5.73 Å². The molecule has 0 spiro atoms. The number of carbonyl (C=O) groups is 1. The van der Waals surface area contributed by atoms with Gasteiger partial charge in [0.1, 0.15) is 17.6 Å². The molecule has 1 heterocycles. The highest BCUT2D eigenvalue weighted by atomic mass is 19.3. The molecular formula is C7H5F2N3O3. The minimum Gasteiger partial charge on any atom is -0.383 e. The van der Waals surface area contributed by atoms with E-state index in [4.69, 9.17) is 5.73 Å². The summed E-state index contributed by atoms with van der Waals surface area (Å²) < 4.78 is 24.9. The van der Waals surface area contributed by atoms with E-state index in [0.717, 1.165) is 0 Å². The molecule has 80 valence electrons. The molecule has 6 nitrogen and oxygen atoms in total. The molecule has 8 heteroatoms. The molecule has 1 aromatic rings. The fourth-order valence-electron chi connectivity index (χ4n) is 1.04. The van der Waals surface area contributed by atoms with Crippen LogP contribution in [0.25, 0.3) is 0 Å². The number of halogens is 2. The Balaban J connectivity index is 3.56. The molecule has 0 saturated heterocycles. The van der Waals surface area contributed by atoms with E-state index in [1.165, 1.54) is 0 Å². The maximum Gasteiger partial charge on any atom is 0.297 e. The van der Waals surface area contributed by atoms with Crippen molar-refractivity contribution in [3.05, 3.63) is 27.4 Å². The van der Waals surface area contributed by atoms with E-state index in [2.05, 4.69) is 4.98 Å². The summed E-state index contributed by atoms with van der Waals surface area (Å²) in [5.41, 5.74) is 2.59. The van der Waals surface area contributed by atoms with Crippen LogP contribution in [0.5, 0.6) is 0 Å². The third-order valence-electron chi connectivity index (χ3n) is 1.70. The highest BCUT2D eigenvalue weighted by Gasteiger charge is 2.27. The first-order valence-corrected chi connectivity index (χ1v) is 3.65. The minimum absolute atomic E-state index is 0.0246. The van der Waals surface area contributed by atoms with Crippen LogP contribution in [-0.2, 0) is 0 Å². The lowest BCUT2D eigenvalue weighted by atomic mass is 10.1. The Hall–Kier alpha value is -2.12. The van der Waals surface area contributed by atoms with Gasteiger partial charge in [0.2, 0.25) is 0 Å². The van der Waals surface area contributed by atoms with E-state index in [1.54, 1.807) is 0 Å². The average molecular weight is 217 g/mol. The number of hydrogen-bond acceptors (Lipinski definition) is 5. The molecule has 0 atom stereocenters. The van der Waals surface area contributed by atoms with Crippen molar-refractivity contribution in [3.63, 3.8) is 0 Å². The average Bonchev–Trinajstić information content (AvgIpc) is 2.16. The number of alkyl halides is 2. The normalized spacial score (nSPS) is 10.3. The molecule has 0 aromatic carbocycles. The van der Waals surface area contributed by atoms with Gasteiger partial charge in [-0.2, -0.15) is 0 Å². The molecule has 0 bridgehead atoms. The summed E-state index contributed by atoms with van der Waals surface area (Å²) in [5, 5.41) is 10.4. The van der Waals surface area contributed by atoms with Gasteiger partial charge < -0.3 is 5.73 Å². The zero-order chi connectivity index (χ0) is 11.6. The number of carbonyl (C=O) groups excluding carboxylic acids is 1. The molecule has 2 N–H and O–H groups in total. The lowest BCUT2D eigenvalue weighted by molar-refractivity contribution is -0.386. The molecule has 1 rings (SSSR count). The lowest BCUT2D eigenvalue weighted by Gasteiger charge is -2.05. The van der Waals surface area contributed by atoms with E-state index in [0.29, 0.717) is 6.20 Å². The van der Waals surface area contributed by atoms with Crippen molar-refractivity contribution in [3.8, 4) is 0 Å². The van der Waals surface area contributed by atoms with Gasteiger partial charge in [0.25, 0.3) is 12.1 Å². The highest BCUT2D eigenvalue weighted by Crippen LogP contribution is 2.32. The Kier molecular flexibility index (Phi) is 2.88. The SMILES string of the molecule is Nc1ncc([N+](=O)[O-])c(C(F)F)c1C=O. The van der Waals surface area contributed by atoms with Gasteiger partial charge in [-0.1, -0.05) is 0 Å². The summed E-state index contributed by atoms with van der Waals surface area (Å²) in [7, 11) is 0. The van der Waals surface area contributed by atoms with Gasteiger partial charge in [-0.25, -0.2) is 13.8 Å². The predicted octanol–water partition coefficient (Wildman–Crippen LogP) is 1.32. The Morgan fingerprint density at radius 1 is 1.60 bits per heavy atom. The Morgan fingerprint density at radius 2 is 2.20 bits per heavy atom. The van der Waals surface area contributed by atoms with Crippen LogP contribution in [-0.4, -0.2) is 16.2 Å². The van der Waals surface area contributed by atoms with Crippen molar-refractivity contribution in [1.82, 2.24) is 4.98 Å². The van der Waals surface area contributed by atoms with Gasteiger partial charge in [0.15, 0.2) is 6.29 Å². The summed E-state index contributed by atoms with van der Waals surface area (Å²) in [6.07, 6.45) is -2.53. The zero-order valence-corrected chi connectivity index (χ0v) is 7.18. The van der Waals surface area contributed by atoms with Gasteiger partial charge in [0, 0.05) is 0 Å². The first kappa shape index (κ1) is 11.0. The van der Waals surface area contributed by atoms with E-state index < -0.39 is 34.0 Å². The summed E-state index contributed by atoms with van der Waals surface area (Å²) in [6, 6.07) is 0. The van der Waals surface area contributed by atoms with Gasteiger partial charge >= 0.3 is 0 Å². The molecule has 0 radical (unpaired) electrons. The van der Waals surface area contributed by atoms with Crippen molar-refractivity contribution in [1.29, 1.82) is 0 Å². The monoisotopic (exact) mass is 217 g/mol. The molecule has 0 aliphatic carbocycles. The van der Waals surface area contributed by atoms with Crippen molar-refractivity contribution >= 4 is 17.8 Å². The van der Waals surface area contributed by atoms with Gasteiger partial charge in [-0.15, -0.1) is 0 Å². The number of rotatable bonds is 3. The molecule has 0 saturated carbocycles. The van der Waals surface area contributed by atoms with Gasteiger partial charge in [-0.3, -0.25) is 14.9 Å². The largest absolute Gasteiger partial charge is 0.383 e. The number of aromatic nitrogens is 1. The molecular weight excluding hydrogens is 212 g/mol. The van der Waals surface area contributed by atoms with Crippen molar-refractivity contribution < 1.29 is 18.5 Å².